The fraction of sp³-hybridized carbons (Fsp3) is 0. The molecule has 0 atom stereocenters. The second-order valence-corrected chi connectivity index (χ2v) is 9.01. The maximum absolute atomic E-state index is 3.27. The van der Waals surface area contributed by atoms with Crippen LogP contribution in [0, 0.1) is 20.8 Å². The average molecular weight is 417 g/mol. The topological polar surface area (TPSA) is 0 Å². The Morgan fingerprint density at radius 3 is 1.40 bits per heavy atom. The van der Waals surface area contributed by atoms with Gasteiger partial charge in [-0.25, -0.2) is 0 Å². The van der Waals surface area contributed by atoms with Gasteiger partial charge in [-0.3, -0.25) is 0 Å². The molecule has 6 rings (SSSR count). The monoisotopic (exact) mass is 416 g/mol. The highest BCUT2D eigenvalue weighted by Gasteiger charge is 2.07. The Kier molecular flexibility index (Phi) is 4.16. The Hall–Kier alpha value is -3.38. The number of hydrogen-bond acceptors (Lipinski definition) is 0. The Morgan fingerprint density at radius 1 is 0.500 bits per heavy atom. The van der Waals surface area contributed by atoms with E-state index in [1.807, 2.05) is 12.2 Å². The third-order valence-electron chi connectivity index (χ3n) is 5.58. The molecule has 0 N–H and O–H groups in total. The SMILES string of the molecule is C1#SC(=c2ccc3ccccc3c2=c2c(=C3C=CC#S3)ccc3ccccc23)C=C1. The molecule has 0 saturated heterocycles. The Labute approximate surface area is 181 Å². The zero-order valence-electron chi connectivity index (χ0n) is 16.1. The zero-order chi connectivity index (χ0) is 19.9. The van der Waals surface area contributed by atoms with E-state index in [0.29, 0.717) is 0 Å². The number of allylic oxidation sites excluding steroid dienone is 2. The largest absolute Gasteiger partial charge is 0.0924 e. The quantitative estimate of drug-likeness (QED) is 0.329. The van der Waals surface area contributed by atoms with Gasteiger partial charge in [0.2, 0.25) is 0 Å². The van der Waals surface area contributed by atoms with Crippen LogP contribution in [0.5, 0.6) is 0 Å². The molecule has 0 bridgehead atoms. The lowest BCUT2D eigenvalue weighted by atomic mass is 9.99. The van der Waals surface area contributed by atoms with E-state index in [-0.39, 0.29) is 0 Å². The van der Waals surface area contributed by atoms with Crippen LogP contribution < -0.4 is 10.4 Å². The molecule has 0 nitrogen and oxygen atoms in total. The fourth-order valence-corrected chi connectivity index (χ4v) is 5.62. The first kappa shape index (κ1) is 17.5. The minimum atomic E-state index is 1.24. The first-order chi connectivity index (χ1) is 14.9. The van der Waals surface area contributed by atoms with Crippen LogP contribution in [0.25, 0.3) is 31.4 Å². The molecule has 0 aliphatic carbocycles. The lowest BCUT2D eigenvalue weighted by Gasteiger charge is -2.06. The molecule has 0 unspecified atom stereocenters. The van der Waals surface area contributed by atoms with Gasteiger partial charge in [0.25, 0.3) is 0 Å². The van der Waals surface area contributed by atoms with E-state index in [2.05, 4.69) is 95.3 Å². The van der Waals surface area contributed by atoms with Crippen LogP contribution in [0.1, 0.15) is 0 Å². The van der Waals surface area contributed by atoms with Gasteiger partial charge < -0.3 is 0 Å². The van der Waals surface area contributed by atoms with E-state index < -0.39 is 0 Å². The van der Waals surface area contributed by atoms with Gasteiger partial charge in [0, 0.05) is 20.2 Å². The number of hydrogen-bond donors (Lipinski definition) is 0. The fourth-order valence-electron chi connectivity index (χ4n) is 4.26. The van der Waals surface area contributed by atoms with Crippen molar-refractivity contribution in [1.29, 1.82) is 0 Å². The zero-order valence-corrected chi connectivity index (χ0v) is 17.7. The van der Waals surface area contributed by atoms with Gasteiger partial charge in [0.1, 0.15) is 0 Å². The average Bonchev–Trinajstić information content (AvgIpc) is 3.52. The molecule has 0 fully saturated rings. The summed E-state index contributed by atoms with van der Waals surface area (Å²) >= 11 is 3.35. The van der Waals surface area contributed by atoms with Crippen molar-refractivity contribution in [2.24, 2.45) is 0 Å². The summed E-state index contributed by atoms with van der Waals surface area (Å²) in [6.45, 7) is 0. The van der Waals surface area contributed by atoms with Crippen molar-refractivity contribution in [2.45, 2.75) is 0 Å². The first-order valence-corrected chi connectivity index (χ1v) is 11.5. The molecule has 2 heteroatoms. The smallest absolute Gasteiger partial charge is 0.0439 e. The summed E-state index contributed by atoms with van der Waals surface area (Å²) in [5.74, 6) is 0. The summed E-state index contributed by atoms with van der Waals surface area (Å²) < 4.78 is 0. The highest BCUT2D eigenvalue weighted by molar-refractivity contribution is 7.98. The molecule has 0 amide bonds. The summed E-state index contributed by atoms with van der Waals surface area (Å²) in [6.07, 6.45) is 8.36. The molecule has 4 aromatic carbocycles. The summed E-state index contributed by atoms with van der Waals surface area (Å²) in [4.78, 5) is 2.49. The van der Waals surface area contributed by atoms with Crippen molar-refractivity contribution in [3.05, 3.63) is 118 Å². The van der Waals surface area contributed by atoms with Gasteiger partial charge >= 0.3 is 0 Å². The summed E-state index contributed by atoms with van der Waals surface area (Å²) in [6, 6.07) is 26.4. The molecule has 0 aromatic heterocycles. The molecule has 0 saturated carbocycles. The predicted octanol–water partition coefficient (Wildman–Crippen LogP) is 6.02. The summed E-state index contributed by atoms with van der Waals surface area (Å²) in [5.41, 5.74) is 0. The van der Waals surface area contributed by atoms with E-state index in [1.54, 1.807) is 22.3 Å². The summed E-state index contributed by atoms with van der Waals surface area (Å²) in [5, 5.41) is 16.7. The number of benzene rings is 4. The second kappa shape index (κ2) is 7.15. The highest BCUT2D eigenvalue weighted by atomic mass is 32.1. The number of rotatable bonds is 0. The van der Waals surface area contributed by atoms with Crippen LogP contribution in [0.3, 0.4) is 0 Å². The summed E-state index contributed by atoms with van der Waals surface area (Å²) in [7, 11) is 0. The van der Waals surface area contributed by atoms with Crippen LogP contribution >= 0.6 is 22.3 Å². The third kappa shape index (κ3) is 2.75. The molecule has 2 aliphatic rings. The van der Waals surface area contributed by atoms with Gasteiger partial charge in [-0.2, -0.15) is 0 Å². The molecular formula is C28H16S2. The number of fused-ring (bicyclic) bond motifs is 2. The van der Waals surface area contributed by atoms with Crippen molar-refractivity contribution in [3.63, 3.8) is 0 Å². The van der Waals surface area contributed by atoms with E-state index in [4.69, 9.17) is 0 Å². The minimum Gasteiger partial charge on any atom is -0.0924 e. The van der Waals surface area contributed by atoms with Crippen molar-refractivity contribution in [3.8, 4) is 10.4 Å². The Bertz CT molecular complexity index is 1660. The lowest BCUT2D eigenvalue weighted by Crippen LogP contribution is -2.13. The first-order valence-electron chi connectivity index (χ1n) is 9.86. The van der Waals surface area contributed by atoms with Crippen LogP contribution in [0.15, 0.2) is 97.1 Å². The highest BCUT2D eigenvalue weighted by Crippen LogP contribution is 2.21. The van der Waals surface area contributed by atoms with Crippen molar-refractivity contribution >= 4 is 53.7 Å². The standard InChI is InChI=1S/C28H16S2/c1-3-9-21-19(7-1)13-15-23(25-11-5-17-29-25)27(21)28-22-10-4-2-8-20(22)14-16-24(28)26-12-6-18-30-26/h1-16H. The maximum Gasteiger partial charge on any atom is 0.0439 e. The van der Waals surface area contributed by atoms with E-state index in [1.165, 1.54) is 52.2 Å². The predicted molar refractivity (Wildman–Crippen MR) is 133 cm³/mol. The molecule has 4 aromatic rings. The van der Waals surface area contributed by atoms with Crippen molar-refractivity contribution < 1.29 is 0 Å². The molecule has 140 valence electrons. The normalized spacial score (nSPS) is 18.9. The Morgan fingerprint density at radius 2 is 0.967 bits per heavy atom. The van der Waals surface area contributed by atoms with Gasteiger partial charge in [-0.05, 0) is 56.3 Å². The van der Waals surface area contributed by atoms with E-state index in [0.717, 1.165) is 0 Å². The van der Waals surface area contributed by atoms with Gasteiger partial charge in [0.05, 0.1) is 0 Å². The van der Waals surface area contributed by atoms with Gasteiger partial charge in [-0.1, -0.05) is 106 Å². The van der Waals surface area contributed by atoms with Crippen molar-refractivity contribution in [2.75, 3.05) is 0 Å². The molecule has 2 heterocycles. The molecule has 0 radical (unpaired) electrons. The molecule has 2 aliphatic heterocycles. The van der Waals surface area contributed by atoms with Crippen LogP contribution in [0.2, 0.25) is 0 Å². The molecule has 30 heavy (non-hydrogen) atoms. The minimum absolute atomic E-state index is 1.24. The van der Waals surface area contributed by atoms with Crippen LogP contribution in [-0.2, 0) is 0 Å². The van der Waals surface area contributed by atoms with Gasteiger partial charge in [0.15, 0.2) is 0 Å². The van der Waals surface area contributed by atoms with Crippen LogP contribution in [-0.4, -0.2) is 0 Å². The Balaban J connectivity index is 2.11. The lowest BCUT2D eigenvalue weighted by molar-refractivity contribution is 1.47. The van der Waals surface area contributed by atoms with E-state index in [9.17, 15) is 0 Å². The second-order valence-electron chi connectivity index (χ2n) is 7.25. The van der Waals surface area contributed by atoms with Crippen LogP contribution in [0.4, 0.5) is 0 Å². The molecule has 0 spiro atoms. The third-order valence-corrected chi connectivity index (χ3v) is 7.24. The molecular weight excluding hydrogens is 400 g/mol. The maximum atomic E-state index is 3.27. The van der Waals surface area contributed by atoms with Gasteiger partial charge in [-0.15, -0.1) is 0 Å². The van der Waals surface area contributed by atoms with Crippen molar-refractivity contribution in [1.82, 2.24) is 0 Å². The van der Waals surface area contributed by atoms with E-state index >= 15 is 0 Å².